The fourth-order valence-electron chi connectivity index (χ4n) is 3.28. The maximum absolute atomic E-state index is 11.5. The number of hydrogen-bond donors (Lipinski definition) is 1. The molecule has 1 aliphatic carbocycles. The number of hydrogen-bond acceptors (Lipinski definition) is 2. The molecule has 1 saturated carbocycles. The summed E-state index contributed by atoms with van der Waals surface area (Å²) in [6.07, 6.45) is 5.97. The van der Waals surface area contributed by atoms with Gasteiger partial charge in [0.1, 0.15) is 5.75 Å². The van der Waals surface area contributed by atoms with Gasteiger partial charge < -0.3 is 9.84 Å². The van der Waals surface area contributed by atoms with E-state index in [0.29, 0.717) is 11.5 Å². The molecule has 1 aromatic rings. The van der Waals surface area contributed by atoms with E-state index in [0.717, 1.165) is 29.7 Å². The molecule has 0 amide bonds. The molecule has 1 aliphatic rings. The van der Waals surface area contributed by atoms with Crippen molar-refractivity contribution in [3.8, 4) is 5.75 Å². The molecular weight excluding hydrogens is 264 g/mol. The molecule has 0 spiro atoms. The van der Waals surface area contributed by atoms with Crippen molar-refractivity contribution in [3.05, 3.63) is 28.8 Å². The zero-order valence-electron chi connectivity index (χ0n) is 13.5. The van der Waals surface area contributed by atoms with E-state index in [-0.39, 0.29) is 5.41 Å². The Morgan fingerprint density at radius 2 is 1.81 bits per heavy atom. The molecule has 0 aliphatic heterocycles. The predicted octanol–water partition coefficient (Wildman–Crippen LogP) is 4.74. The maximum Gasteiger partial charge on any atom is 0.335 e. The standard InChI is InChI=1S/C18H26O3/c1-18(2,3)15-11-13(17(19)20)10-14(16(15)21-4)12-8-6-5-7-9-12/h10-12H,5-9H2,1-4H3,(H,19,20). The number of ether oxygens (including phenoxy) is 1. The molecule has 2 rings (SSSR count). The summed E-state index contributed by atoms with van der Waals surface area (Å²) in [5.74, 6) is 0.453. The van der Waals surface area contributed by atoms with E-state index < -0.39 is 5.97 Å². The van der Waals surface area contributed by atoms with Crippen LogP contribution in [0.15, 0.2) is 12.1 Å². The van der Waals surface area contributed by atoms with Crippen molar-refractivity contribution in [2.24, 2.45) is 0 Å². The van der Waals surface area contributed by atoms with Crippen LogP contribution in [0, 0.1) is 0 Å². The third kappa shape index (κ3) is 3.39. The first-order valence-corrected chi connectivity index (χ1v) is 7.80. The fraction of sp³-hybridized carbons (Fsp3) is 0.611. The Balaban J connectivity index is 2.60. The van der Waals surface area contributed by atoms with Crippen LogP contribution in [0.5, 0.6) is 5.75 Å². The first-order chi connectivity index (χ1) is 9.84. The lowest BCUT2D eigenvalue weighted by Gasteiger charge is -2.29. The predicted molar refractivity (Wildman–Crippen MR) is 84.5 cm³/mol. The molecule has 3 nitrogen and oxygen atoms in total. The SMILES string of the molecule is COc1c(C2CCCCC2)cc(C(=O)O)cc1C(C)(C)C. The number of carboxylic acid groups (broad SMARTS) is 1. The van der Waals surface area contributed by atoms with Crippen LogP contribution in [-0.2, 0) is 5.41 Å². The lowest BCUT2D eigenvalue weighted by atomic mass is 9.78. The van der Waals surface area contributed by atoms with Gasteiger partial charge in [-0.15, -0.1) is 0 Å². The van der Waals surface area contributed by atoms with Gasteiger partial charge in [-0.1, -0.05) is 40.0 Å². The van der Waals surface area contributed by atoms with Gasteiger partial charge in [0.15, 0.2) is 0 Å². The molecule has 21 heavy (non-hydrogen) atoms. The summed E-state index contributed by atoms with van der Waals surface area (Å²) in [6.45, 7) is 6.30. The number of benzene rings is 1. The number of rotatable bonds is 3. The summed E-state index contributed by atoms with van der Waals surface area (Å²) < 4.78 is 5.70. The molecular formula is C18H26O3. The summed E-state index contributed by atoms with van der Waals surface area (Å²) in [7, 11) is 1.69. The average Bonchev–Trinajstić information content (AvgIpc) is 2.45. The first kappa shape index (κ1) is 15.9. The zero-order valence-corrected chi connectivity index (χ0v) is 13.5. The monoisotopic (exact) mass is 290 g/mol. The van der Waals surface area contributed by atoms with Crippen LogP contribution < -0.4 is 4.74 Å². The molecule has 1 aromatic carbocycles. The summed E-state index contributed by atoms with van der Waals surface area (Å²) in [6, 6.07) is 3.60. The maximum atomic E-state index is 11.5. The Labute approximate surface area is 127 Å². The van der Waals surface area contributed by atoms with Gasteiger partial charge in [-0.2, -0.15) is 0 Å². The van der Waals surface area contributed by atoms with E-state index in [9.17, 15) is 9.90 Å². The molecule has 0 radical (unpaired) electrons. The van der Waals surface area contributed by atoms with Crippen molar-refractivity contribution in [2.45, 2.75) is 64.2 Å². The van der Waals surface area contributed by atoms with Crippen molar-refractivity contribution < 1.29 is 14.6 Å². The summed E-state index contributed by atoms with van der Waals surface area (Å²) in [5, 5.41) is 9.42. The summed E-state index contributed by atoms with van der Waals surface area (Å²) >= 11 is 0. The quantitative estimate of drug-likeness (QED) is 0.874. The molecule has 0 unspecified atom stereocenters. The highest BCUT2D eigenvalue weighted by Gasteiger charge is 2.27. The first-order valence-electron chi connectivity index (χ1n) is 7.80. The molecule has 1 N–H and O–H groups in total. The van der Waals surface area contributed by atoms with E-state index in [1.807, 2.05) is 6.07 Å². The number of aromatic carboxylic acids is 1. The second-order valence-corrected chi connectivity index (χ2v) is 7.04. The van der Waals surface area contributed by atoms with Gasteiger partial charge in [-0.05, 0) is 41.9 Å². The van der Waals surface area contributed by atoms with E-state index in [2.05, 4.69) is 20.8 Å². The molecule has 0 bridgehead atoms. The normalized spacial score (nSPS) is 16.8. The van der Waals surface area contributed by atoms with Gasteiger partial charge in [0.25, 0.3) is 0 Å². The van der Waals surface area contributed by atoms with Crippen molar-refractivity contribution in [1.82, 2.24) is 0 Å². The van der Waals surface area contributed by atoms with Gasteiger partial charge in [0, 0.05) is 5.56 Å². The molecule has 116 valence electrons. The minimum Gasteiger partial charge on any atom is -0.496 e. The fourth-order valence-corrected chi connectivity index (χ4v) is 3.28. The van der Waals surface area contributed by atoms with Crippen molar-refractivity contribution in [1.29, 1.82) is 0 Å². The minimum absolute atomic E-state index is 0.139. The molecule has 0 aromatic heterocycles. The number of carboxylic acids is 1. The van der Waals surface area contributed by atoms with E-state index in [4.69, 9.17) is 4.74 Å². The lowest BCUT2D eigenvalue weighted by Crippen LogP contribution is -2.17. The van der Waals surface area contributed by atoms with Gasteiger partial charge in [0.05, 0.1) is 12.7 Å². The van der Waals surface area contributed by atoms with E-state index >= 15 is 0 Å². The van der Waals surface area contributed by atoms with Gasteiger partial charge >= 0.3 is 5.97 Å². The van der Waals surface area contributed by atoms with Gasteiger partial charge in [0.2, 0.25) is 0 Å². The van der Waals surface area contributed by atoms with Crippen LogP contribution in [0.4, 0.5) is 0 Å². The van der Waals surface area contributed by atoms with Crippen molar-refractivity contribution in [2.75, 3.05) is 7.11 Å². The summed E-state index contributed by atoms with van der Waals surface area (Å²) in [4.78, 5) is 11.5. The highest BCUT2D eigenvalue weighted by atomic mass is 16.5. The second-order valence-electron chi connectivity index (χ2n) is 7.04. The number of carbonyl (C=O) groups is 1. The molecule has 0 atom stereocenters. The molecule has 0 saturated heterocycles. The Hall–Kier alpha value is -1.51. The molecule has 3 heteroatoms. The topological polar surface area (TPSA) is 46.5 Å². The van der Waals surface area contributed by atoms with E-state index in [1.165, 1.54) is 19.3 Å². The zero-order chi connectivity index (χ0) is 15.6. The highest BCUT2D eigenvalue weighted by molar-refractivity contribution is 5.88. The molecule has 0 heterocycles. The second kappa shape index (κ2) is 6.08. The van der Waals surface area contributed by atoms with Crippen LogP contribution in [0.2, 0.25) is 0 Å². The third-order valence-electron chi connectivity index (χ3n) is 4.42. The number of methoxy groups -OCH3 is 1. The van der Waals surface area contributed by atoms with Crippen LogP contribution in [0.3, 0.4) is 0 Å². The third-order valence-corrected chi connectivity index (χ3v) is 4.42. The minimum atomic E-state index is -0.861. The van der Waals surface area contributed by atoms with E-state index in [1.54, 1.807) is 13.2 Å². The Kier molecular flexibility index (Phi) is 4.60. The lowest BCUT2D eigenvalue weighted by molar-refractivity contribution is 0.0696. The Bertz CT molecular complexity index is 520. The smallest absolute Gasteiger partial charge is 0.335 e. The van der Waals surface area contributed by atoms with Crippen molar-refractivity contribution >= 4 is 5.97 Å². The molecule has 1 fully saturated rings. The van der Waals surface area contributed by atoms with Gasteiger partial charge in [-0.3, -0.25) is 0 Å². The van der Waals surface area contributed by atoms with Crippen molar-refractivity contribution in [3.63, 3.8) is 0 Å². The highest BCUT2D eigenvalue weighted by Crippen LogP contribution is 2.43. The largest absolute Gasteiger partial charge is 0.496 e. The Morgan fingerprint density at radius 3 is 2.29 bits per heavy atom. The van der Waals surface area contributed by atoms with Crippen LogP contribution in [0.25, 0.3) is 0 Å². The van der Waals surface area contributed by atoms with Crippen LogP contribution in [0.1, 0.15) is 80.3 Å². The summed E-state index contributed by atoms with van der Waals surface area (Å²) in [5.41, 5.74) is 2.31. The van der Waals surface area contributed by atoms with Crippen LogP contribution >= 0.6 is 0 Å². The average molecular weight is 290 g/mol. The van der Waals surface area contributed by atoms with Crippen LogP contribution in [-0.4, -0.2) is 18.2 Å². The Morgan fingerprint density at radius 1 is 1.19 bits per heavy atom. The van der Waals surface area contributed by atoms with Gasteiger partial charge in [-0.25, -0.2) is 4.79 Å².